The molecular formula is C14H18ClNO4S. The van der Waals surface area contributed by atoms with Crippen LogP contribution in [0.15, 0.2) is 29.2 Å². The van der Waals surface area contributed by atoms with Gasteiger partial charge in [0.05, 0.1) is 16.6 Å². The van der Waals surface area contributed by atoms with Gasteiger partial charge in [-0.1, -0.05) is 18.5 Å². The van der Waals surface area contributed by atoms with Gasteiger partial charge in [0.15, 0.2) is 9.84 Å². The lowest BCUT2D eigenvalue weighted by Crippen LogP contribution is -2.28. The first-order valence-electron chi connectivity index (χ1n) is 6.73. The van der Waals surface area contributed by atoms with Crippen molar-refractivity contribution in [3.8, 4) is 0 Å². The van der Waals surface area contributed by atoms with E-state index in [1.807, 2.05) is 11.8 Å². The molecule has 0 unspecified atom stereocenters. The van der Waals surface area contributed by atoms with Gasteiger partial charge in [0.1, 0.15) is 0 Å². The highest BCUT2D eigenvalue weighted by Crippen LogP contribution is 2.23. The summed E-state index contributed by atoms with van der Waals surface area (Å²) in [4.78, 5) is 13.2. The number of halogens is 1. The molecule has 116 valence electrons. The van der Waals surface area contributed by atoms with E-state index in [2.05, 4.69) is 0 Å². The SMILES string of the molecule is C[C@@H]1CN(CCS(=O)(=O)c2ccc(Cl)cc2)C[C@H]1C(=O)O. The van der Waals surface area contributed by atoms with Gasteiger partial charge >= 0.3 is 5.97 Å². The third-order valence-corrected chi connectivity index (χ3v) is 5.82. The second-order valence-corrected chi connectivity index (χ2v) is 8.00. The minimum Gasteiger partial charge on any atom is -0.481 e. The highest BCUT2D eigenvalue weighted by molar-refractivity contribution is 7.91. The second-order valence-electron chi connectivity index (χ2n) is 5.45. The zero-order valence-electron chi connectivity index (χ0n) is 11.7. The molecule has 21 heavy (non-hydrogen) atoms. The maximum absolute atomic E-state index is 12.2. The average molecular weight is 332 g/mol. The van der Waals surface area contributed by atoms with Gasteiger partial charge in [-0.2, -0.15) is 0 Å². The van der Waals surface area contributed by atoms with E-state index in [9.17, 15) is 13.2 Å². The Balaban J connectivity index is 1.97. The first-order valence-corrected chi connectivity index (χ1v) is 8.76. The van der Waals surface area contributed by atoms with E-state index in [4.69, 9.17) is 16.7 Å². The highest BCUT2D eigenvalue weighted by Gasteiger charge is 2.34. The Morgan fingerprint density at radius 1 is 1.33 bits per heavy atom. The summed E-state index contributed by atoms with van der Waals surface area (Å²) in [5.74, 6) is -1.21. The molecule has 0 saturated carbocycles. The van der Waals surface area contributed by atoms with Crippen LogP contribution < -0.4 is 0 Å². The minimum atomic E-state index is -3.37. The van der Waals surface area contributed by atoms with Crippen molar-refractivity contribution in [1.29, 1.82) is 0 Å². The van der Waals surface area contributed by atoms with Crippen molar-refractivity contribution in [3.05, 3.63) is 29.3 Å². The van der Waals surface area contributed by atoms with Crippen LogP contribution in [0.2, 0.25) is 5.02 Å². The number of carboxylic acid groups (broad SMARTS) is 1. The summed E-state index contributed by atoms with van der Waals surface area (Å²) in [6.45, 7) is 3.26. The lowest BCUT2D eigenvalue weighted by atomic mass is 9.99. The van der Waals surface area contributed by atoms with Gasteiger partial charge in [-0.05, 0) is 30.2 Å². The van der Waals surface area contributed by atoms with Crippen LogP contribution in [0.25, 0.3) is 0 Å². The monoisotopic (exact) mass is 331 g/mol. The number of nitrogens with zero attached hydrogens (tertiary/aromatic N) is 1. The van der Waals surface area contributed by atoms with E-state index in [0.29, 0.717) is 24.7 Å². The second kappa shape index (κ2) is 6.34. The number of hydrogen-bond acceptors (Lipinski definition) is 4. The van der Waals surface area contributed by atoms with Gasteiger partial charge in [-0.3, -0.25) is 4.79 Å². The summed E-state index contributed by atoms with van der Waals surface area (Å²) in [5.41, 5.74) is 0. The van der Waals surface area contributed by atoms with Crippen LogP contribution in [0, 0.1) is 11.8 Å². The van der Waals surface area contributed by atoms with Crippen molar-refractivity contribution >= 4 is 27.4 Å². The van der Waals surface area contributed by atoms with Crippen molar-refractivity contribution in [1.82, 2.24) is 4.90 Å². The first kappa shape index (κ1) is 16.3. The van der Waals surface area contributed by atoms with Crippen LogP contribution in [0.1, 0.15) is 6.92 Å². The van der Waals surface area contributed by atoms with Crippen molar-refractivity contribution in [2.75, 3.05) is 25.4 Å². The Bertz CT molecular complexity index is 614. The van der Waals surface area contributed by atoms with Crippen LogP contribution in [0.4, 0.5) is 0 Å². The molecule has 1 aliphatic heterocycles. The lowest BCUT2D eigenvalue weighted by molar-refractivity contribution is -0.142. The van der Waals surface area contributed by atoms with Crippen LogP contribution >= 0.6 is 11.6 Å². The van der Waals surface area contributed by atoms with E-state index >= 15 is 0 Å². The summed E-state index contributed by atoms with van der Waals surface area (Å²) >= 11 is 5.75. The van der Waals surface area contributed by atoms with Crippen LogP contribution in [0.5, 0.6) is 0 Å². The zero-order chi connectivity index (χ0) is 15.6. The smallest absolute Gasteiger partial charge is 0.308 e. The molecule has 0 aliphatic carbocycles. The van der Waals surface area contributed by atoms with E-state index in [-0.39, 0.29) is 16.6 Å². The van der Waals surface area contributed by atoms with Gasteiger partial charge in [0.25, 0.3) is 0 Å². The van der Waals surface area contributed by atoms with Crippen molar-refractivity contribution < 1.29 is 18.3 Å². The van der Waals surface area contributed by atoms with Crippen LogP contribution in [-0.2, 0) is 14.6 Å². The summed E-state index contributed by atoms with van der Waals surface area (Å²) in [5, 5.41) is 9.57. The molecule has 0 radical (unpaired) electrons. The number of aliphatic carboxylic acids is 1. The molecule has 1 saturated heterocycles. The molecule has 0 bridgehead atoms. The van der Waals surface area contributed by atoms with E-state index in [1.165, 1.54) is 12.1 Å². The summed E-state index contributed by atoms with van der Waals surface area (Å²) in [6, 6.07) is 6.08. The van der Waals surface area contributed by atoms with Gasteiger partial charge in [-0.25, -0.2) is 8.42 Å². The lowest BCUT2D eigenvalue weighted by Gasteiger charge is -2.15. The molecule has 1 aromatic rings. The Kier molecular flexibility index (Phi) is 4.91. The molecule has 1 N–H and O–H groups in total. The molecule has 1 aromatic carbocycles. The van der Waals surface area contributed by atoms with Gasteiger partial charge in [-0.15, -0.1) is 0 Å². The number of hydrogen-bond donors (Lipinski definition) is 1. The van der Waals surface area contributed by atoms with Crippen molar-refractivity contribution in [3.63, 3.8) is 0 Å². The van der Waals surface area contributed by atoms with Gasteiger partial charge in [0, 0.05) is 24.7 Å². The molecule has 2 atom stereocenters. The number of benzene rings is 1. The van der Waals surface area contributed by atoms with Crippen LogP contribution in [0.3, 0.4) is 0 Å². The number of carboxylic acids is 1. The fourth-order valence-electron chi connectivity index (χ4n) is 2.58. The quantitative estimate of drug-likeness (QED) is 0.890. The maximum Gasteiger partial charge on any atom is 0.308 e. The normalized spacial score (nSPS) is 23.3. The van der Waals surface area contributed by atoms with E-state index < -0.39 is 21.7 Å². The van der Waals surface area contributed by atoms with Crippen molar-refractivity contribution in [2.45, 2.75) is 11.8 Å². The largest absolute Gasteiger partial charge is 0.481 e. The van der Waals surface area contributed by atoms with Crippen molar-refractivity contribution in [2.24, 2.45) is 11.8 Å². The Labute approximate surface area is 129 Å². The zero-order valence-corrected chi connectivity index (χ0v) is 13.3. The topological polar surface area (TPSA) is 74.7 Å². The average Bonchev–Trinajstić information content (AvgIpc) is 2.79. The molecule has 0 amide bonds. The molecule has 0 aromatic heterocycles. The number of sulfone groups is 1. The predicted octanol–water partition coefficient (Wildman–Crippen LogP) is 1.77. The molecule has 1 aliphatic rings. The third kappa shape index (κ3) is 3.96. The number of rotatable bonds is 5. The summed E-state index contributed by atoms with van der Waals surface area (Å²) in [6.07, 6.45) is 0. The fraction of sp³-hybridized carbons (Fsp3) is 0.500. The maximum atomic E-state index is 12.2. The van der Waals surface area contributed by atoms with Gasteiger partial charge < -0.3 is 10.0 Å². The number of likely N-dealkylation sites (tertiary alicyclic amines) is 1. The fourth-order valence-corrected chi connectivity index (χ4v) is 3.99. The predicted molar refractivity (Wildman–Crippen MR) is 80.2 cm³/mol. The van der Waals surface area contributed by atoms with E-state index in [0.717, 1.165) is 0 Å². The highest BCUT2D eigenvalue weighted by atomic mass is 35.5. The first-order chi connectivity index (χ1) is 9.79. The van der Waals surface area contributed by atoms with E-state index in [1.54, 1.807) is 12.1 Å². The molecule has 1 fully saturated rings. The Hall–Kier alpha value is -1.11. The summed E-state index contributed by atoms with van der Waals surface area (Å²) in [7, 11) is -3.37. The Morgan fingerprint density at radius 3 is 2.48 bits per heavy atom. The molecule has 7 heteroatoms. The molecule has 5 nitrogen and oxygen atoms in total. The molecular weight excluding hydrogens is 314 g/mol. The van der Waals surface area contributed by atoms with Crippen LogP contribution in [-0.4, -0.2) is 49.8 Å². The Morgan fingerprint density at radius 2 is 1.95 bits per heavy atom. The molecule has 2 rings (SSSR count). The molecule has 0 spiro atoms. The standard InChI is InChI=1S/C14H18ClNO4S/c1-10-8-16(9-13(10)14(17)18)6-7-21(19,20)12-4-2-11(15)3-5-12/h2-5,10,13H,6-9H2,1H3,(H,17,18)/t10-,13-/m1/s1. The number of carbonyl (C=O) groups is 1. The van der Waals surface area contributed by atoms with Gasteiger partial charge in [0.2, 0.25) is 0 Å². The summed E-state index contributed by atoms with van der Waals surface area (Å²) < 4.78 is 24.4. The third-order valence-electron chi connectivity index (χ3n) is 3.85. The minimum absolute atomic E-state index is 0.0201. The molecule has 1 heterocycles.